The third-order valence-corrected chi connectivity index (χ3v) is 6.29. The Morgan fingerprint density at radius 1 is 1.04 bits per heavy atom. The van der Waals surface area contributed by atoms with Gasteiger partial charge in [-0.2, -0.15) is 0 Å². The molecular weight excluding hydrogens is 356 g/mol. The number of amides is 1. The van der Waals surface area contributed by atoms with Crippen LogP contribution in [0.5, 0.6) is 0 Å². The van der Waals surface area contributed by atoms with E-state index < -0.39 is 11.2 Å². The molecule has 0 spiro atoms. The highest BCUT2D eigenvalue weighted by Crippen LogP contribution is 2.28. The average molecular weight is 391 g/mol. The molecule has 0 bridgehead atoms. The predicted molar refractivity (Wildman–Crippen MR) is 108 cm³/mol. The van der Waals surface area contributed by atoms with Crippen molar-refractivity contribution in [3.8, 4) is 0 Å². The number of hydrogen-bond acceptors (Lipinski definition) is 5. The highest BCUT2D eigenvalue weighted by Gasteiger charge is 2.44. The van der Waals surface area contributed by atoms with Crippen molar-refractivity contribution in [2.45, 2.75) is 63.2 Å². The molecule has 6 nitrogen and oxygen atoms in total. The quantitative estimate of drug-likeness (QED) is 0.685. The van der Waals surface area contributed by atoms with E-state index in [-0.39, 0.29) is 19.1 Å². The van der Waals surface area contributed by atoms with Gasteiger partial charge in [0.25, 0.3) is 5.91 Å². The number of hydrogen-bond donors (Lipinski definition) is 3. The minimum Gasteiger partial charge on any atom is -0.393 e. The molecule has 2 heterocycles. The van der Waals surface area contributed by atoms with Crippen molar-refractivity contribution >= 4 is 5.91 Å². The van der Waals surface area contributed by atoms with Gasteiger partial charge in [0, 0.05) is 32.7 Å². The van der Waals surface area contributed by atoms with Crippen LogP contribution in [0.3, 0.4) is 0 Å². The lowest BCUT2D eigenvalue weighted by Gasteiger charge is -2.43. The maximum absolute atomic E-state index is 13.0. The molecule has 2 saturated heterocycles. The number of rotatable bonds is 6. The average Bonchev–Trinajstić information content (AvgIpc) is 2.68. The molecule has 1 aromatic carbocycles. The van der Waals surface area contributed by atoms with E-state index in [9.17, 15) is 20.1 Å². The van der Waals surface area contributed by atoms with E-state index in [0.717, 1.165) is 12.0 Å². The van der Waals surface area contributed by atoms with Crippen molar-refractivity contribution in [3.05, 3.63) is 35.4 Å². The first-order chi connectivity index (χ1) is 13.2. The van der Waals surface area contributed by atoms with Gasteiger partial charge in [-0.15, -0.1) is 0 Å². The van der Waals surface area contributed by atoms with Crippen molar-refractivity contribution in [1.29, 1.82) is 0 Å². The summed E-state index contributed by atoms with van der Waals surface area (Å²) in [7, 11) is 0. The van der Waals surface area contributed by atoms with E-state index in [2.05, 4.69) is 38.1 Å². The van der Waals surface area contributed by atoms with Crippen LogP contribution >= 0.6 is 0 Å². The fourth-order valence-corrected chi connectivity index (χ4v) is 4.25. The Balaban J connectivity index is 1.61. The van der Waals surface area contributed by atoms with Gasteiger partial charge in [-0.25, -0.2) is 0 Å². The first-order valence-electron chi connectivity index (χ1n) is 10.4. The number of benzene rings is 1. The number of likely N-dealkylation sites (tertiary alicyclic amines) is 2. The Labute approximate surface area is 167 Å². The summed E-state index contributed by atoms with van der Waals surface area (Å²) >= 11 is 0. The van der Waals surface area contributed by atoms with Gasteiger partial charge in [-0.3, -0.25) is 9.69 Å². The summed E-state index contributed by atoms with van der Waals surface area (Å²) in [4.78, 5) is 16.8. The Bertz CT molecular complexity index is 668. The second kappa shape index (κ2) is 8.49. The molecule has 1 atom stereocenters. The van der Waals surface area contributed by atoms with Crippen LogP contribution in [0.15, 0.2) is 24.3 Å². The molecule has 1 amide bonds. The largest absolute Gasteiger partial charge is 0.393 e. The van der Waals surface area contributed by atoms with E-state index in [0.29, 0.717) is 51.4 Å². The zero-order valence-corrected chi connectivity index (χ0v) is 17.1. The van der Waals surface area contributed by atoms with Crippen molar-refractivity contribution in [2.75, 3.05) is 32.8 Å². The number of carbonyl (C=O) groups excluding carboxylic acids is 1. The van der Waals surface area contributed by atoms with Crippen LogP contribution in [-0.2, 0) is 11.3 Å². The Kier molecular flexibility index (Phi) is 6.44. The predicted octanol–water partition coefficient (Wildman–Crippen LogP) is 1.48. The van der Waals surface area contributed by atoms with Gasteiger partial charge in [0.2, 0.25) is 0 Å². The molecule has 156 valence electrons. The smallest absolute Gasteiger partial charge is 0.256 e. The number of aliphatic hydroxyl groups is 3. The number of carbonyl (C=O) groups is 1. The fraction of sp³-hybridized carbons (Fsp3) is 0.682. The minimum absolute atomic E-state index is 0.199. The van der Waals surface area contributed by atoms with E-state index in [1.54, 1.807) is 4.90 Å². The lowest BCUT2D eigenvalue weighted by atomic mass is 9.88. The second-order valence-corrected chi connectivity index (χ2v) is 8.92. The maximum Gasteiger partial charge on any atom is 0.256 e. The Morgan fingerprint density at radius 2 is 1.68 bits per heavy atom. The molecule has 2 aliphatic heterocycles. The summed E-state index contributed by atoms with van der Waals surface area (Å²) in [6.45, 7) is 6.69. The summed E-state index contributed by atoms with van der Waals surface area (Å²) < 4.78 is 0. The summed E-state index contributed by atoms with van der Waals surface area (Å²) in [5.74, 6) is 0.276. The molecule has 2 aliphatic rings. The normalized spacial score (nSPS) is 26.1. The molecule has 1 aromatic rings. The summed E-state index contributed by atoms with van der Waals surface area (Å²) in [5, 5.41) is 30.6. The topological polar surface area (TPSA) is 84.2 Å². The van der Waals surface area contributed by atoms with Crippen LogP contribution < -0.4 is 0 Å². The number of β-amino-alcohol motifs (C(OH)–C–C–N with tert-alkyl or cyclic N) is 1. The first kappa shape index (κ1) is 21.2. The van der Waals surface area contributed by atoms with Crippen LogP contribution in [0, 0.1) is 0 Å². The van der Waals surface area contributed by atoms with Gasteiger partial charge in [-0.1, -0.05) is 38.1 Å². The van der Waals surface area contributed by atoms with Gasteiger partial charge < -0.3 is 20.2 Å². The van der Waals surface area contributed by atoms with Crippen LogP contribution in [-0.4, -0.2) is 75.0 Å². The molecule has 0 saturated carbocycles. The molecule has 0 aliphatic carbocycles. The first-order valence-corrected chi connectivity index (χ1v) is 10.4. The highest BCUT2D eigenvalue weighted by molar-refractivity contribution is 5.86. The van der Waals surface area contributed by atoms with Crippen molar-refractivity contribution in [3.63, 3.8) is 0 Å². The van der Waals surface area contributed by atoms with Crippen molar-refractivity contribution in [2.24, 2.45) is 0 Å². The fourth-order valence-electron chi connectivity index (χ4n) is 4.25. The third kappa shape index (κ3) is 4.74. The minimum atomic E-state index is -1.37. The third-order valence-electron chi connectivity index (χ3n) is 6.29. The number of aliphatic hydroxyl groups excluding tert-OH is 1. The summed E-state index contributed by atoms with van der Waals surface area (Å²) in [5.41, 5.74) is -0.0413. The Morgan fingerprint density at radius 3 is 2.25 bits per heavy atom. The molecule has 3 rings (SSSR count). The zero-order chi connectivity index (χ0) is 20.4. The molecule has 28 heavy (non-hydrogen) atoms. The summed E-state index contributed by atoms with van der Waals surface area (Å²) in [6, 6.07) is 8.35. The SMILES string of the molecule is CC(C)c1ccc(CN2CCC[C@@](O)(CN3CCC(O)(CO)CC3)C2=O)cc1. The van der Waals surface area contributed by atoms with Gasteiger partial charge in [0.1, 0.15) is 0 Å². The molecular formula is C22H34N2O4. The molecule has 0 radical (unpaired) electrons. The van der Waals surface area contributed by atoms with E-state index in [1.807, 2.05) is 4.90 Å². The van der Waals surface area contributed by atoms with E-state index in [4.69, 9.17) is 0 Å². The lowest BCUT2D eigenvalue weighted by Crippen LogP contribution is -2.60. The van der Waals surface area contributed by atoms with E-state index in [1.165, 1.54) is 5.56 Å². The molecule has 6 heteroatoms. The van der Waals surface area contributed by atoms with Crippen molar-refractivity contribution < 1.29 is 20.1 Å². The molecule has 0 unspecified atom stereocenters. The van der Waals surface area contributed by atoms with Gasteiger partial charge in [0.05, 0.1) is 12.2 Å². The molecule has 3 N–H and O–H groups in total. The standard InChI is InChI=1S/C22H34N2O4/c1-17(2)19-6-4-18(5-7-19)14-24-11-3-8-22(28,20(24)26)15-23-12-9-21(27,16-25)10-13-23/h4-7,17,25,27-28H,3,8-16H2,1-2H3/t22-/m1/s1. The summed E-state index contributed by atoms with van der Waals surface area (Å²) in [6.07, 6.45) is 2.16. The van der Waals surface area contributed by atoms with Gasteiger partial charge in [0.15, 0.2) is 5.60 Å². The van der Waals surface area contributed by atoms with Gasteiger partial charge >= 0.3 is 0 Å². The maximum atomic E-state index is 13.0. The number of piperidine rings is 2. The zero-order valence-electron chi connectivity index (χ0n) is 17.1. The number of nitrogens with zero attached hydrogens (tertiary/aromatic N) is 2. The van der Waals surface area contributed by atoms with Gasteiger partial charge in [-0.05, 0) is 42.7 Å². The van der Waals surface area contributed by atoms with Crippen LogP contribution in [0.1, 0.15) is 56.6 Å². The second-order valence-electron chi connectivity index (χ2n) is 8.92. The van der Waals surface area contributed by atoms with E-state index >= 15 is 0 Å². The molecule has 2 fully saturated rings. The lowest BCUT2D eigenvalue weighted by molar-refractivity contribution is -0.161. The Hall–Kier alpha value is -1.47. The monoisotopic (exact) mass is 390 g/mol. The highest BCUT2D eigenvalue weighted by atomic mass is 16.3. The van der Waals surface area contributed by atoms with Crippen LogP contribution in [0.4, 0.5) is 0 Å². The molecule has 0 aromatic heterocycles. The van der Waals surface area contributed by atoms with Crippen molar-refractivity contribution in [1.82, 2.24) is 9.80 Å². The van der Waals surface area contributed by atoms with Crippen LogP contribution in [0.25, 0.3) is 0 Å². The van der Waals surface area contributed by atoms with Crippen LogP contribution in [0.2, 0.25) is 0 Å².